The summed E-state index contributed by atoms with van der Waals surface area (Å²) in [6.07, 6.45) is 7.78. The van der Waals surface area contributed by atoms with Gasteiger partial charge in [-0.05, 0) is 50.2 Å². The molecule has 2 aliphatic rings. The van der Waals surface area contributed by atoms with Crippen molar-refractivity contribution in [3.8, 4) is 0 Å². The number of H-pyrrole nitrogens is 1. The first-order valence-electron chi connectivity index (χ1n) is 8.23. The van der Waals surface area contributed by atoms with Gasteiger partial charge in [0.2, 0.25) is 0 Å². The fraction of sp³-hybridized carbons (Fsp3) is 0.556. The zero-order valence-electron chi connectivity index (χ0n) is 12.7. The summed E-state index contributed by atoms with van der Waals surface area (Å²) in [4.78, 5) is 3.67. The molecule has 1 aromatic carbocycles. The maximum atomic E-state index is 5.50. The molecule has 0 spiro atoms. The fourth-order valence-corrected chi connectivity index (χ4v) is 4.17. The van der Waals surface area contributed by atoms with Crippen molar-refractivity contribution in [2.45, 2.75) is 56.7 Å². The molecule has 112 valence electrons. The fourth-order valence-electron chi connectivity index (χ4n) is 4.17. The van der Waals surface area contributed by atoms with E-state index in [0.717, 1.165) is 6.42 Å². The van der Waals surface area contributed by atoms with Crippen LogP contribution in [-0.4, -0.2) is 24.2 Å². The molecule has 3 nitrogen and oxygen atoms in total. The number of fused-ring (bicyclic) bond motifs is 3. The molecule has 0 amide bonds. The minimum atomic E-state index is 0.452. The number of aryl methyl sites for hydroxylation is 1. The third kappa shape index (κ3) is 2.39. The van der Waals surface area contributed by atoms with E-state index in [1.807, 2.05) is 7.11 Å². The van der Waals surface area contributed by atoms with Gasteiger partial charge in [0, 0.05) is 35.8 Å². The van der Waals surface area contributed by atoms with Gasteiger partial charge >= 0.3 is 0 Å². The lowest BCUT2D eigenvalue weighted by molar-refractivity contribution is 0.106. The van der Waals surface area contributed by atoms with E-state index in [4.69, 9.17) is 4.74 Å². The van der Waals surface area contributed by atoms with E-state index in [1.165, 1.54) is 54.3 Å². The number of methoxy groups -OCH3 is 1. The van der Waals surface area contributed by atoms with E-state index >= 15 is 0 Å². The van der Waals surface area contributed by atoms with Crippen LogP contribution in [0.3, 0.4) is 0 Å². The zero-order valence-corrected chi connectivity index (χ0v) is 12.7. The van der Waals surface area contributed by atoms with Crippen LogP contribution in [0.4, 0.5) is 0 Å². The molecule has 1 aromatic heterocycles. The Morgan fingerprint density at radius 3 is 2.95 bits per heavy atom. The van der Waals surface area contributed by atoms with Crippen molar-refractivity contribution in [3.05, 3.63) is 35.5 Å². The van der Waals surface area contributed by atoms with Crippen molar-refractivity contribution in [2.24, 2.45) is 0 Å². The topological polar surface area (TPSA) is 37.0 Å². The summed E-state index contributed by atoms with van der Waals surface area (Å²) in [6, 6.07) is 9.81. The Balaban J connectivity index is 1.59. The number of hydrogen-bond acceptors (Lipinski definition) is 2. The molecule has 4 rings (SSSR count). The third-order valence-electron chi connectivity index (χ3n) is 5.27. The Bertz CT molecular complexity index is 633. The number of rotatable bonds is 3. The lowest BCUT2D eigenvalue weighted by Gasteiger charge is -2.27. The minimum Gasteiger partial charge on any atom is -0.381 e. The Morgan fingerprint density at radius 2 is 2.10 bits per heavy atom. The standard InChI is InChI=1S/C18H24N2O/c1-21-13-10-9-12(11-13)19-17-8-4-6-15-14-5-2-3-7-16(14)20-18(15)17/h2-3,5,7,12-13,17,19-20H,4,6,8-11H2,1H3. The number of benzene rings is 1. The Hall–Kier alpha value is -1.32. The molecule has 3 heteroatoms. The highest BCUT2D eigenvalue weighted by Gasteiger charge is 2.30. The molecule has 0 radical (unpaired) electrons. The predicted molar refractivity (Wildman–Crippen MR) is 85.5 cm³/mol. The van der Waals surface area contributed by atoms with Crippen LogP contribution in [0.5, 0.6) is 0 Å². The summed E-state index contributed by atoms with van der Waals surface area (Å²) in [5.41, 5.74) is 4.26. The summed E-state index contributed by atoms with van der Waals surface area (Å²) in [6.45, 7) is 0. The van der Waals surface area contributed by atoms with Gasteiger partial charge < -0.3 is 15.0 Å². The summed E-state index contributed by atoms with van der Waals surface area (Å²) < 4.78 is 5.50. The number of nitrogens with one attached hydrogen (secondary N) is 2. The molecule has 2 N–H and O–H groups in total. The van der Waals surface area contributed by atoms with Crippen molar-refractivity contribution in [1.29, 1.82) is 0 Å². The van der Waals surface area contributed by atoms with Crippen molar-refractivity contribution in [3.63, 3.8) is 0 Å². The van der Waals surface area contributed by atoms with Crippen LogP contribution in [0.15, 0.2) is 24.3 Å². The van der Waals surface area contributed by atoms with E-state index in [9.17, 15) is 0 Å². The average molecular weight is 284 g/mol. The zero-order chi connectivity index (χ0) is 14.2. The van der Waals surface area contributed by atoms with Crippen LogP contribution in [0.25, 0.3) is 10.9 Å². The van der Waals surface area contributed by atoms with E-state index in [1.54, 1.807) is 0 Å². The first-order chi connectivity index (χ1) is 10.3. The summed E-state index contributed by atoms with van der Waals surface area (Å²) in [5, 5.41) is 5.30. The van der Waals surface area contributed by atoms with Gasteiger partial charge in [-0.3, -0.25) is 0 Å². The lowest BCUT2D eigenvalue weighted by Crippen LogP contribution is -2.33. The average Bonchev–Trinajstić information content (AvgIpc) is 3.12. The summed E-state index contributed by atoms with van der Waals surface area (Å²) in [7, 11) is 1.84. The van der Waals surface area contributed by atoms with Crippen LogP contribution < -0.4 is 5.32 Å². The van der Waals surface area contributed by atoms with Gasteiger partial charge in [0.05, 0.1) is 6.10 Å². The summed E-state index contributed by atoms with van der Waals surface area (Å²) in [5.74, 6) is 0. The largest absolute Gasteiger partial charge is 0.381 e. The molecule has 2 aromatic rings. The van der Waals surface area contributed by atoms with Gasteiger partial charge in [-0.2, -0.15) is 0 Å². The Kier molecular flexibility index (Phi) is 3.48. The maximum absolute atomic E-state index is 5.50. The third-order valence-corrected chi connectivity index (χ3v) is 5.27. The Morgan fingerprint density at radius 1 is 1.19 bits per heavy atom. The number of hydrogen-bond donors (Lipinski definition) is 2. The van der Waals surface area contributed by atoms with Gasteiger partial charge in [-0.25, -0.2) is 0 Å². The minimum absolute atomic E-state index is 0.452. The maximum Gasteiger partial charge on any atom is 0.0586 e. The second-order valence-corrected chi connectivity index (χ2v) is 6.54. The van der Waals surface area contributed by atoms with Crippen LogP contribution in [-0.2, 0) is 11.2 Å². The molecule has 21 heavy (non-hydrogen) atoms. The SMILES string of the molecule is COC1CCC(NC2CCCc3c2[nH]c2ccccc32)C1. The van der Waals surface area contributed by atoms with Crippen LogP contribution in [0, 0.1) is 0 Å². The molecule has 0 bridgehead atoms. The number of ether oxygens (including phenoxy) is 1. The normalized spacial score (nSPS) is 28.9. The number of aromatic amines is 1. The van der Waals surface area contributed by atoms with E-state index in [0.29, 0.717) is 18.2 Å². The highest BCUT2D eigenvalue weighted by Crippen LogP contribution is 2.36. The van der Waals surface area contributed by atoms with Gasteiger partial charge in [-0.15, -0.1) is 0 Å². The number of aromatic nitrogens is 1. The van der Waals surface area contributed by atoms with Gasteiger partial charge in [0.15, 0.2) is 0 Å². The van der Waals surface area contributed by atoms with Crippen molar-refractivity contribution in [1.82, 2.24) is 10.3 Å². The van der Waals surface area contributed by atoms with Gasteiger partial charge in [0.25, 0.3) is 0 Å². The molecule has 0 aliphatic heterocycles. The van der Waals surface area contributed by atoms with Crippen LogP contribution >= 0.6 is 0 Å². The van der Waals surface area contributed by atoms with Crippen molar-refractivity contribution < 1.29 is 4.74 Å². The molecule has 0 saturated heterocycles. The van der Waals surface area contributed by atoms with Gasteiger partial charge in [-0.1, -0.05) is 18.2 Å². The highest BCUT2D eigenvalue weighted by atomic mass is 16.5. The molecule has 1 fully saturated rings. The van der Waals surface area contributed by atoms with E-state index < -0.39 is 0 Å². The molecule has 2 aliphatic carbocycles. The molecule has 3 unspecified atom stereocenters. The number of para-hydroxylation sites is 1. The molecular formula is C18H24N2O. The Labute approximate surface area is 126 Å². The van der Waals surface area contributed by atoms with E-state index in [-0.39, 0.29) is 0 Å². The predicted octanol–water partition coefficient (Wildman–Crippen LogP) is 3.70. The van der Waals surface area contributed by atoms with Crippen LogP contribution in [0.1, 0.15) is 49.4 Å². The van der Waals surface area contributed by atoms with Crippen molar-refractivity contribution >= 4 is 10.9 Å². The first-order valence-corrected chi connectivity index (χ1v) is 8.23. The monoisotopic (exact) mass is 284 g/mol. The summed E-state index contributed by atoms with van der Waals surface area (Å²) >= 11 is 0. The van der Waals surface area contributed by atoms with E-state index in [2.05, 4.69) is 34.6 Å². The molecular weight excluding hydrogens is 260 g/mol. The second kappa shape index (κ2) is 5.47. The highest BCUT2D eigenvalue weighted by molar-refractivity contribution is 5.85. The quantitative estimate of drug-likeness (QED) is 0.901. The molecule has 1 saturated carbocycles. The smallest absolute Gasteiger partial charge is 0.0586 e. The van der Waals surface area contributed by atoms with Crippen LogP contribution in [0.2, 0.25) is 0 Å². The lowest BCUT2D eigenvalue weighted by atomic mass is 9.91. The van der Waals surface area contributed by atoms with Crippen molar-refractivity contribution in [2.75, 3.05) is 7.11 Å². The second-order valence-electron chi connectivity index (χ2n) is 6.54. The first kappa shape index (κ1) is 13.4. The molecule has 1 heterocycles. The van der Waals surface area contributed by atoms with Gasteiger partial charge in [0.1, 0.15) is 0 Å². The molecule has 3 atom stereocenters.